The number of carbonyl (C=O) groups excluding carboxylic acids is 2. The summed E-state index contributed by atoms with van der Waals surface area (Å²) in [6.45, 7) is 40.5. The molecule has 566 valence electrons. The molecule has 8 saturated carbocycles. The quantitative estimate of drug-likeness (QED) is 0.0972. The van der Waals surface area contributed by atoms with E-state index in [9.17, 15) is 36.6 Å². The second-order valence-corrected chi connectivity index (χ2v) is 43.0. The van der Waals surface area contributed by atoms with Gasteiger partial charge >= 0.3 is 11.9 Å². The van der Waals surface area contributed by atoms with Crippen LogP contribution in [0.5, 0.6) is 0 Å². The van der Waals surface area contributed by atoms with E-state index in [2.05, 4.69) is 140 Å². The van der Waals surface area contributed by atoms with E-state index in [1.165, 1.54) is 119 Å². The average Bonchev–Trinajstić information content (AvgIpc) is 1.02. The van der Waals surface area contributed by atoms with Crippen molar-refractivity contribution in [3.05, 3.63) is 95.1 Å². The lowest BCUT2D eigenvalue weighted by molar-refractivity contribution is -0.227. The Morgan fingerprint density at radius 2 is 0.922 bits per heavy atom. The van der Waals surface area contributed by atoms with Crippen molar-refractivity contribution in [1.29, 1.82) is 0 Å². The second-order valence-electron chi connectivity index (χ2n) is 38.4. The minimum atomic E-state index is -2.91. The first-order valence-corrected chi connectivity index (χ1v) is 43.7. The number of aliphatic hydroxyl groups is 2. The first-order valence-electron chi connectivity index (χ1n) is 40.0. The van der Waals surface area contributed by atoms with Crippen LogP contribution in [0.4, 0.5) is 0 Å². The molecule has 10 fully saturated rings. The van der Waals surface area contributed by atoms with Crippen LogP contribution in [0.3, 0.4) is 0 Å². The highest BCUT2D eigenvalue weighted by atomic mass is 32.2. The summed E-state index contributed by atoms with van der Waals surface area (Å²) in [5, 5.41) is 30.6. The number of allylic oxidation sites excluding steroid dienone is 5. The highest BCUT2D eigenvalue weighted by molar-refractivity contribution is 7.91. The van der Waals surface area contributed by atoms with Crippen molar-refractivity contribution < 1.29 is 46.1 Å². The van der Waals surface area contributed by atoms with E-state index >= 15 is 0 Å². The van der Waals surface area contributed by atoms with Gasteiger partial charge in [0.05, 0.1) is 60.6 Å². The number of sulfone groups is 2. The predicted molar refractivity (Wildman–Crippen MR) is 410 cm³/mol. The fourth-order valence-electron chi connectivity index (χ4n) is 28.0. The first-order chi connectivity index (χ1) is 47.9. The Morgan fingerprint density at radius 1 is 0.529 bits per heavy atom. The maximum Gasteiger partial charge on any atom is 0.337 e. The summed E-state index contributed by atoms with van der Waals surface area (Å²) in [5.74, 6) is 5.60. The van der Waals surface area contributed by atoms with Gasteiger partial charge in [-0.15, -0.1) is 0 Å². The molecule has 102 heavy (non-hydrogen) atoms. The molecule has 0 amide bonds. The van der Waals surface area contributed by atoms with E-state index in [0.29, 0.717) is 102 Å². The Kier molecular flexibility index (Phi) is 20.3. The van der Waals surface area contributed by atoms with Crippen molar-refractivity contribution in [2.45, 2.75) is 215 Å². The minimum absolute atomic E-state index is 0.0145. The summed E-state index contributed by atoms with van der Waals surface area (Å²) in [6, 6.07) is 16.1. The van der Waals surface area contributed by atoms with Crippen LogP contribution in [0.25, 0.3) is 11.1 Å². The van der Waals surface area contributed by atoms with Crippen LogP contribution in [-0.2, 0) is 29.1 Å². The molecular formula is C86H130N4O10S2. The van der Waals surface area contributed by atoms with Gasteiger partial charge in [-0.05, 0) is 278 Å². The molecule has 10 aliphatic carbocycles. The summed E-state index contributed by atoms with van der Waals surface area (Å²) in [4.78, 5) is 28.9. The molecule has 2 heterocycles. The Balaban J connectivity index is 0.000000182. The number of fused-ring (bicyclic) bond motifs is 14. The van der Waals surface area contributed by atoms with Gasteiger partial charge in [-0.2, -0.15) is 0 Å². The maximum absolute atomic E-state index is 12.2. The van der Waals surface area contributed by atoms with Crippen LogP contribution in [0.1, 0.15) is 231 Å². The molecule has 2 aromatic rings. The Hall–Kier alpha value is -3.74. The Morgan fingerprint density at radius 3 is 1.31 bits per heavy atom. The van der Waals surface area contributed by atoms with Crippen LogP contribution < -0.4 is 10.6 Å². The molecule has 16 heteroatoms. The zero-order valence-electron chi connectivity index (χ0n) is 65.0. The standard InChI is InChI=1S/C43H66N2O6S.C43H64N2O4S/c1-38(2)31(29-8-10-30(11-9-29)37(47)51-7)14-17-39(3)34(38)16-18-41(5)35(39)13-12-32-36-33(42(6,48)28-46)15-19-43(36,21-20-40(32,41)4)44-22-23-45-24-26-52(49,50)27-25-45;1-29(2)32-15-20-43(44-23-24-45-25-27-50(47,48)28-26-45)22-21-41(6)34(37(32)43)13-14-36-40(5)18-16-33(30-9-11-31(12-10-30)38(46)49-8)39(3,4)35(40)17-19-42(36,41)7/h8-11,14,32-36,44,46,48H,12-13,15-28H2,1-7H3;9-12,16,32,34-37,44H,1,13-15,17-28H2,2-8H3/t32-,33-,34+,35-,36+,39+,40-,41-,42?,43+;32-,34+,35-,36+,37+,40-,41+,42+,43-/m10/s1. The van der Waals surface area contributed by atoms with Gasteiger partial charge in [0.15, 0.2) is 19.7 Å². The first kappa shape index (κ1) is 76.5. The summed E-state index contributed by atoms with van der Waals surface area (Å²) in [6.07, 6.45) is 26.4. The molecule has 14 rings (SSSR count). The number of carbonyl (C=O) groups is 2. The van der Waals surface area contributed by atoms with Crippen molar-refractivity contribution in [3.63, 3.8) is 0 Å². The van der Waals surface area contributed by atoms with Crippen molar-refractivity contribution in [1.82, 2.24) is 20.4 Å². The fraction of sp³-hybridized carbons (Fsp3) is 0.767. The lowest BCUT2D eigenvalue weighted by Crippen LogP contribution is -2.69. The van der Waals surface area contributed by atoms with Crippen LogP contribution in [0, 0.1) is 102 Å². The number of benzene rings is 2. The molecule has 0 radical (unpaired) electrons. The van der Waals surface area contributed by atoms with Gasteiger partial charge in [0.25, 0.3) is 0 Å². The SMILES string of the molecule is C=C(C)[C@@H]1CC[C@]2(NCCN3CCS(=O)(=O)CC3)CC[C@]3(C)[C@H](CC[C@@H]4[C@@]5(C)CC=C(c6ccc(C(=O)OC)cc6)C(C)(C)[C@@H]5CC[C@]43C)[C@@H]12.COC(=O)c1ccc(C2=CC[C@]3(C)[C@H]4CC[C@@H]5[C@H]6[C@H](C(C)(O)CO)CC[C@]6(NCCN6CCS(=O)(=O)CC6)CC[C@@]5(C)[C@]4(C)CC[C@H]3C2(C)C)cc1. The van der Waals surface area contributed by atoms with Gasteiger partial charge in [0, 0.05) is 63.4 Å². The van der Waals surface area contributed by atoms with Crippen LogP contribution in [0.15, 0.2) is 72.8 Å². The van der Waals surface area contributed by atoms with Crippen LogP contribution >= 0.6 is 0 Å². The normalized spacial score (nSPS) is 42.0. The fourth-order valence-corrected chi connectivity index (χ4v) is 30.6. The lowest BCUT2D eigenvalue weighted by Gasteiger charge is -2.72. The molecule has 14 nitrogen and oxygen atoms in total. The number of nitrogens with one attached hydrogen (secondary N) is 2. The maximum atomic E-state index is 12.2. The predicted octanol–water partition coefficient (Wildman–Crippen LogP) is 14.6. The molecule has 19 atom stereocenters. The molecule has 0 spiro atoms. The topological polar surface area (TPSA) is 192 Å². The molecule has 1 unspecified atom stereocenters. The minimum Gasteiger partial charge on any atom is -0.465 e. The van der Waals surface area contributed by atoms with E-state index in [0.717, 1.165) is 64.7 Å². The van der Waals surface area contributed by atoms with E-state index in [1.807, 2.05) is 31.2 Å². The third-order valence-electron chi connectivity index (χ3n) is 33.7. The zero-order valence-corrected chi connectivity index (χ0v) is 66.7. The van der Waals surface area contributed by atoms with Crippen molar-refractivity contribution in [2.24, 2.45) is 102 Å². The number of esters is 2. The smallest absolute Gasteiger partial charge is 0.337 e. The largest absolute Gasteiger partial charge is 0.465 e. The number of rotatable bonds is 15. The Bertz CT molecular complexity index is 3780. The van der Waals surface area contributed by atoms with Gasteiger partial charge in [0.1, 0.15) is 0 Å². The highest BCUT2D eigenvalue weighted by Gasteiger charge is 2.73. The molecular weight excluding hydrogens is 1310 g/mol. The highest BCUT2D eigenvalue weighted by Crippen LogP contribution is 2.79. The summed E-state index contributed by atoms with van der Waals surface area (Å²) in [5.41, 5.74) is 8.10. The van der Waals surface area contributed by atoms with Gasteiger partial charge in [-0.3, -0.25) is 0 Å². The molecule has 2 aromatic carbocycles. The third kappa shape index (κ3) is 12.4. The number of aliphatic hydroxyl groups excluding tert-OH is 1. The second kappa shape index (κ2) is 27.1. The molecule has 12 aliphatic rings. The molecule has 4 N–H and O–H groups in total. The summed E-state index contributed by atoms with van der Waals surface area (Å²) in [7, 11) is -2.90. The number of hydrogen-bond donors (Lipinski definition) is 4. The van der Waals surface area contributed by atoms with E-state index < -0.39 is 25.3 Å². The lowest BCUT2D eigenvalue weighted by atomic mass is 9.32. The van der Waals surface area contributed by atoms with Crippen molar-refractivity contribution in [2.75, 3.05) is 96.2 Å². The van der Waals surface area contributed by atoms with E-state index in [-0.39, 0.29) is 90.9 Å². The van der Waals surface area contributed by atoms with Gasteiger partial charge in [-0.1, -0.05) is 118 Å². The number of nitrogens with zero attached hydrogens (tertiary/aromatic N) is 2. The van der Waals surface area contributed by atoms with Gasteiger partial charge < -0.3 is 40.1 Å². The van der Waals surface area contributed by atoms with E-state index in [4.69, 9.17) is 9.47 Å². The van der Waals surface area contributed by atoms with Gasteiger partial charge in [-0.25, -0.2) is 26.4 Å². The van der Waals surface area contributed by atoms with Crippen LogP contribution in [-0.4, -0.2) is 162 Å². The van der Waals surface area contributed by atoms with Gasteiger partial charge in [0.2, 0.25) is 0 Å². The number of ether oxygens (including phenoxy) is 2. The molecule has 0 aromatic heterocycles. The Labute approximate surface area is 614 Å². The van der Waals surface area contributed by atoms with E-state index in [1.54, 1.807) is 0 Å². The average molecular weight is 1440 g/mol. The number of methoxy groups -OCH3 is 2. The zero-order chi connectivity index (χ0) is 73.4. The summed E-state index contributed by atoms with van der Waals surface area (Å²) >= 11 is 0. The third-order valence-corrected chi connectivity index (χ3v) is 36.9. The van der Waals surface area contributed by atoms with Crippen molar-refractivity contribution in [3.8, 4) is 0 Å². The van der Waals surface area contributed by atoms with Crippen molar-refractivity contribution >= 4 is 42.8 Å². The summed E-state index contributed by atoms with van der Waals surface area (Å²) < 4.78 is 58.1. The monoisotopic (exact) mass is 1440 g/mol. The molecule has 0 bridgehead atoms. The van der Waals surface area contributed by atoms with Crippen LogP contribution in [0.2, 0.25) is 0 Å². The number of hydrogen-bond acceptors (Lipinski definition) is 14. The molecule has 2 saturated heterocycles. The molecule has 2 aliphatic heterocycles.